The number of carbonyl (C=O) groups excluding carboxylic acids is 3. The summed E-state index contributed by atoms with van der Waals surface area (Å²) in [5.74, 6) is 15.0. The van der Waals surface area contributed by atoms with E-state index in [2.05, 4.69) is 122 Å². The molecule has 9 fully saturated rings. The number of carbonyl (C=O) groups is 3. The van der Waals surface area contributed by atoms with E-state index < -0.39 is 0 Å². The van der Waals surface area contributed by atoms with E-state index in [-0.39, 0.29) is 53.5 Å². The Morgan fingerprint density at radius 3 is 1.00 bits per heavy atom. The molecule has 0 bridgehead atoms. The fourth-order valence-electron chi connectivity index (χ4n) is 30.2. The second-order valence-electron chi connectivity index (χ2n) is 45.3. The molecule has 3 aromatic rings. The Morgan fingerprint density at radius 2 is 0.667 bits per heavy atom. The van der Waals surface area contributed by atoms with Crippen molar-refractivity contribution in [1.29, 1.82) is 0 Å². The van der Waals surface area contributed by atoms with E-state index in [4.69, 9.17) is 48.6 Å². The molecule has 12 heteroatoms. The van der Waals surface area contributed by atoms with Gasteiger partial charge in [-0.3, -0.25) is 14.4 Å². The lowest BCUT2D eigenvalue weighted by Crippen LogP contribution is -2.51. The molecule has 0 saturated heterocycles. The van der Waals surface area contributed by atoms with Gasteiger partial charge in [0.15, 0.2) is 0 Å². The lowest BCUT2D eigenvalue weighted by atomic mass is 9.47. The predicted molar refractivity (Wildman–Crippen MR) is 500 cm³/mol. The smallest absolute Gasteiger partial charge is 0.310 e. The second kappa shape index (κ2) is 38.5. The van der Waals surface area contributed by atoms with Crippen LogP contribution in [-0.2, 0) is 47.9 Å². The van der Waals surface area contributed by atoms with Gasteiger partial charge in [-0.1, -0.05) is 215 Å². The van der Waals surface area contributed by atoms with Crippen molar-refractivity contribution in [3.05, 3.63) is 106 Å². The van der Waals surface area contributed by atoms with Gasteiger partial charge in [0.25, 0.3) is 0 Å². The highest BCUT2D eigenvalue weighted by Crippen LogP contribution is 2.71. The van der Waals surface area contributed by atoms with Gasteiger partial charge in [-0.2, -0.15) is 0 Å². The highest BCUT2D eigenvalue weighted by molar-refractivity contribution is 5.76. The minimum atomic E-state index is -0.178. The molecule has 3 aromatic carbocycles. The molecule has 666 valence electrons. The monoisotopic (exact) mass is 1650 g/mol. The maximum atomic E-state index is 12.8. The molecule has 12 nitrogen and oxygen atoms in total. The van der Waals surface area contributed by atoms with Crippen molar-refractivity contribution in [2.75, 3.05) is 34.4 Å². The van der Waals surface area contributed by atoms with Gasteiger partial charge in [-0.05, 0) is 346 Å². The van der Waals surface area contributed by atoms with Crippen molar-refractivity contribution in [2.45, 2.75) is 373 Å². The SMILES string of the molecule is CC(C)CCCC(C)C1CCC2C3CC=C4CC(OC(=O)CCCc5ccc(N)cc5N)CCC4(C)C3CCC12C.CC(C)CCCC(C)C1CCC2C3CC=C4CC(OC(=O)CCc5ccc(N)cc5N)CCC4(C)C3CCC12C.CC(C)CCCC(C)C1CCC2C3CC=C4CC(OC(=O)Cc5ccc(N)cc5N)CCC4(C)C3CCC12C. The van der Waals surface area contributed by atoms with Crippen LogP contribution in [0.25, 0.3) is 0 Å². The van der Waals surface area contributed by atoms with Crippen molar-refractivity contribution < 1.29 is 28.6 Å². The zero-order valence-corrected chi connectivity index (χ0v) is 78.0. The van der Waals surface area contributed by atoms with Crippen LogP contribution in [0.5, 0.6) is 0 Å². The van der Waals surface area contributed by atoms with Gasteiger partial charge in [0.1, 0.15) is 18.3 Å². The van der Waals surface area contributed by atoms with Crippen LogP contribution in [0.4, 0.5) is 34.1 Å². The normalized spacial score (nSPS) is 35.9. The molecule has 120 heavy (non-hydrogen) atoms. The van der Waals surface area contributed by atoms with Crippen LogP contribution in [-0.4, -0.2) is 36.2 Å². The molecule has 9 saturated carbocycles. The van der Waals surface area contributed by atoms with Crippen LogP contribution in [0.3, 0.4) is 0 Å². The lowest BCUT2D eigenvalue weighted by molar-refractivity contribution is -0.152. The maximum absolute atomic E-state index is 12.8. The van der Waals surface area contributed by atoms with E-state index in [1.807, 2.05) is 30.3 Å². The van der Waals surface area contributed by atoms with Crippen molar-refractivity contribution in [3.63, 3.8) is 0 Å². The Hall–Kier alpha value is -5.91. The van der Waals surface area contributed by atoms with Crippen molar-refractivity contribution in [2.24, 2.45) is 139 Å². The quantitative estimate of drug-likeness (QED) is 0.0181. The zero-order chi connectivity index (χ0) is 86.0. The number of nitrogens with two attached hydrogens (primary N) is 6. The third kappa shape index (κ3) is 19.8. The molecule has 0 radical (unpaired) electrons. The van der Waals surface area contributed by atoms with E-state index in [1.165, 1.54) is 161 Å². The van der Waals surface area contributed by atoms with Gasteiger partial charge in [0.2, 0.25) is 0 Å². The van der Waals surface area contributed by atoms with Gasteiger partial charge in [-0.15, -0.1) is 0 Å². The topological polar surface area (TPSA) is 235 Å². The van der Waals surface area contributed by atoms with Crippen LogP contribution in [0.1, 0.15) is 352 Å². The van der Waals surface area contributed by atoms with E-state index in [0.29, 0.717) is 75.0 Å². The standard InChI is InChI=1S/C37H58N2O2.C36H56N2O2.C35H54N2O2/c1-24(2)8-6-9-25(3)31-16-17-32-30-15-13-27-22-29(18-20-36(27,4)33(30)19-21-37(31,32)5)41-35(40)11-7-10-26-12-14-28(38)23-34(26)39;1-23(2)7-6-8-24(3)30-14-15-31-29-13-11-26-21-28(17-19-35(26,4)32(29)18-20-36(30,31)5)40-34(39)16-10-25-9-12-27(37)22-33(25)38;1-22(2)7-6-8-23(3)29-13-14-30-28-12-10-25-20-27(15-17-34(25,4)31(28)16-18-35(29,30)5)39-33(38)19-24-9-11-26(36)21-32(24)37/h12-14,23-25,29-33H,6-11,15-22,38-39H2,1-5H3;9,11-12,22-24,28-32H,6-8,10,13-21,37-38H2,1-5H3;9-11,21-23,27-31H,6-8,12-20,36-37H2,1-5H3. The van der Waals surface area contributed by atoms with Crippen LogP contribution in [0.2, 0.25) is 0 Å². The number of benzene rings is 3. The fourth-order valence-corrected chi connectivity index (χ4v) is 30.2. The van der Waals surface area contributed by atoms with Crippen LogP contribution in [0.15, 0.2) is 89.5 Å². The Kier molecular flexibility index (Phi) is 29.5. The summed E-state index contributed by atoms with van der Waals surface area (Å²) in [6.45, 7) is 37.6. The summed E-state index contributed by atoms with van der Waals surface area (Å²) in [4.78, 5) is 38.3. The molecule has 24 atom stereocenters. The number of anilines is 6. The first-order valence-corrected chi connectivity index (χ1v) is 49.6. The summed E-state index contributed by atoms with van der Waals surface area (Å²) in [6.07, 6.45) is 53.5. The van der Waals surface area contributed by atoms with Gasteiger partial charge in [0.05, 0.1) is 6.42 Å². The summed E-state index contributed by atoms with van der Waals surface area (Å²) in [5, 5.41) is 0. The average molecular weight is 1650 g/mol. The molecule has 0 amide bonds. The summed E-state index contributed by atoms with van der Waals surface area (Å²) < 4.78 is 18.1. The third-order valence-electron chi connectivity index (χ3n) is 36.9. The summed E-state index contributed by atoms with van der Waals surface area (Å²) in [5.41, 5.74) is 49.5. The van der Waals surface area contributed by atoms with Crippen LogP contribution < -0.4 is 34.4 Å². The number of ether oxygens (including phenoxy) is 3. The molecule has 0 heterocycles. The lowest BCUT2D eigenvalue weighted by Gasteiger charge is -2.58. The zero-order valence-electron chi connectivity index (χ0n) is 78.0. The number of hydrogen-bond donors (Lipinski definition) is 6. The second-order valence-corrected chi connectivity index (χ2v) is 45.3. The molecule has 15 rings (SSSR count). The van der Waals surface area contributed by atoms with E-state index >= 15 is 0 Å². The van der Waals surface area contributed by atoms with Gasteiger partial charge < -0.3 is 48.6 Å². The van der Waals surface area contributed by atoms with Crippen LogP contribution in [0, 0.1) is 139 Å². The maximum Gasteiger partial charge on any atom is 0.310 e. The first-order chi connectivity index (χ1) is 57.0. The Bertz CT molecular complexity index is 4100. The molecule has 12 aliphatic carbocycles. The third-order valence-corrected chi connectivity index (χ3v) is 36.9. The number of allylic oxidation sites excluding steroid dienone is 3. The van der Waals surface area contributed by atoms with Crippen LogP contribution >= 0.6 is 0 Å². The Balaban J connectivity index is 0.000000156. The molecule has 0 spiro atoms. The largest absolute Gasteiger partial charge is 0.462 e. The highest BCUT2D eigenvalue weighted by Gasteiger charge is 2.63. The van der Waals surface area contributed by atoms with Gasteiger partial charge >= 0.3 is 17.9 Å². The van der Waals surface area contributed by atoms with E-state index in [9.17, 15) is 14.4 Å². The Morgan fingerprint density at radius 1 is 0.350 bits per heavy atom. The number of aryl methyl sites for hydroxylation is 2. The number of nitrogen functional groups attached to an aromatic ring is 6. The first kappa shape index (κ1) is 91.8. The average Bonchev–Trinajstić information content (AvgIpc) is 1.44. The Labute approximate surface area is 728 Å². The highest BCUT2D eigenvalue weighted by atomic mass is 16.6. The number of esters is 3. The summed E-state index contributed by atoms with van der Waals surface area (Å²) >= 11 is 0. The first-order valence-electron chi connectivity index (χ1n) is 49.6. The molecule has 0 aliphatic heterocycles. The summed E-state index contributed by atoms with van der Waals surface area (Å²) in [6, 6.07) is 16.5. The molecular formula is C108H168N6O6. The molecule has 0 aromatic heterocycles. The van der Waals surface area contributed by atoms with Crippen molar-refractivity contribution >= 4 is 52.0 Å². The van der Waals surface area contributed by atoms with E-state index in [0.717, 1.165) is 187 Å². The number of hydrogen-bond acceptors (Lipinski definition) is 12. The number of rotatable bonds is 27. The van der Waals surface area contributed by atoms with E-state index in [1.54, 1.807) is 41.0 Å². The summed E-state index contributed by atoms with van der Waals surface area (Å²) in [7, 11) is 0. The van der Waals surface area contributed by atoms with Gasteiger partial charge in [0, 0.05) is 66.2 Å². The molecule has 24 unspecified atom stereocenters. The molecular weight excluding hydrogens is 1480 g/mol. The minimum absolute atomic E-state index is 0.0141. The van der Waals surface area contributed by atoms with Crippen molar-refractivity contribution in [1.82, 2.24) is 0 Å². The van der Waals surface area contributed by atoms with Gasteiger partial charge in [-0.25, -0.2) is 0 Å². The van der Waals surface area contributed by atoms with Crippen molar-refractivity contribution in [3.8, 4) is 0 Å². The molecule has 12 aliphatic rings. The minimum Gasteiger partial charge on any atom is -0.462 e. The number of fused-ring (bicyclic) bond motifs is 15. The molecule has 12 N–H and O–H groups in total. The fraction of sp³-hybridized carbons (Fsp3) is 0.750. The predicted octanol–water partition coefficient (Wildman–Crippen LogP) is 26.2.